The average molecular weight is 252 g/mol. The van der Waals surface area contributed by atoms with E-state index in [0.717, 1.165) is 5.69 Å². The van der Waals surface area contributed by atoms with E-state index in [1.54, 1.807) is 11.7 Å². The van der Waals surface area contributed by atoms with E-state index >= 15 is 0 Å². The topological polar surface area (TPSA) is 70.4 Å². The van der Waals surface area contributed by atoms with Crippen LogP contribution in [0.25, 0.3) is 0 Å². The van der Waals surface area contributed by atoms with Crippen LogP contribution in [-0.4, -0.2) is 46.0 Å². The van der Waals surface area contributed by atoms with Gasteiger partial charge in [-0.05, 0) is 12.8 Å². The normalized spacial score (nSPS) is 15.3. The number of urea groups is 1. The Morgan fingerprint density at radius 2 is 2.39 bits per heavy atom. The molecule has 0 aromatic carbocycles. The van der Waals surface area contributed by atoms with Crippen LogP contribution in [0.5, 0.6) is 0 Å². The zero-order valence-corrected chi connectivity index (χ0v) is 10.9. The minimum atomic E-state index is -0.229. The average Bonchev–Trinajstić information content (AvgIpc) is 2.57. The summed E-state index contributed by atoms with van der Waals surface area (Å²) in [7, 11) is 3.47. The zero-order chi connectivity index (χ0) is 13.1. The highest BCUT2D eigenvalue weighted by atomic mass is 16.3. The second kappa shape index (κ2) is 5.39. The lowest BCUT2D eigenvalue weighted by Gasteiger charge is -2.22. The molecular formula is C12H20N4O2. The number of amides is 2. The van der Waals surface area contributed by atoms with Crippen LogP contribution >= 0.6 is 0 Å². The molecule has 0 atom stereocenters. The van der Waals surface area contributed by atoms with Crippen LogP contribution in [0, 0.1) is 0 Å². The van der Waals surface area contributed by atoms with E-state index in [-0.39, 0.29) is 12.6 Å². The molecule has 1 aliphatic rings. The molecule has 0 aliphatic heterocycles. The summed E-state index contributed by atoms with van der Waals surface area (Å²) in [4.78, 5) is 13.2. The summed E-state index contributed by atoms with van der Waals surface area (Å²) < 4.78 is 1.69. The van der Waals surface area contributed by atoms with Crippen molar-refractivity contribution >= 4 is 11.8 Å². The quantitative estimate of drug-likeness (QED) is 0.844. The number of aromatic nitrogens is 2. The van der Waals surface area contributed by atoms with Gasteiger partial charge in [0.15, 0.2) is 0 Å². The van der Waals surface area contributed by atoms with E-state index in [2.05, 4.69) is 10.4 Å². The minimum Gasteiger partial charge on any atom is -0.395 e. The predicted molar refractivity (Wildman–Crippen MR) is 68.5 cm³/mol. The van der Waals surface area contributed by atoms with E-state index in [1.807, 2.05) is 13.1 Å². The number of hydrogen-bond acceptors (Lipinski definition) is 3. The molecule has 2 rings (SSSR count). The van der Waals surface area contributed by atoms with Crippen LogP contribution in [0.15, 0.2) is 6.07 Å². The van der Waals surface area contributed by atoms with Gasteiger partial charge in [-0.25, -0.2) is 4.79 Å². The fourth-order valence-corrected chi connectivity index (χ4v) is 1.97. The number of nitrogens with zero attached hydrogens (tertiary/aromatic N) is 3. The lowest BCUT2D eigenvalue weighted by atomic mass is 9.83. The number of nitrogens with one attached hydrogen (secondary N) is 1. The number of carbonyl (C=O) groups excluding carboxylic acids is 1. The molecule has 1 heterocycles. The largest absolute Gasteiger partial charge is 0.395 e. The summed E-state index contributed by atoms with van der Waals surface area (Å²) in [5.41, 5.74) is 1.06. The maximum absolute atomic E-state index is 11.8. The standard InChI is InChI=1S/C12H20N4O2/c1-15(6-7-17)12(18)13-11-8-10(14-16(11)2)9-4-3-5-9/h8-9,17H,3-7H2,1-2H3,(H,13,18). The van der Waals surface area contributed by atoms with Crippen LogP contribution in [0.1, 0.15) is 30.9 Å². The number of likely N-dealkylation sites (N-methyl/N-ethyl adjacent to an activating group) is 1. The lowest BCUT2D eigenvalue weighted by molar-refractivity contribution is 0.202. The van der Waals surface area contributed by atoms with Crippen molar-refractivity contribution in [3.05, 3.63) is 11.8 Å². The van der Waals surface area contributed by atoms with Gasteiger partial charge in [-0.15, -0.1) is 0 Å². The molecule has 1 aromatic heterocycles. The fraction of sp³-hybridized carbons (Fsp3) is 0.667. The molecule has 2 N–H and O–H groups in total. The summed E-state index contributed by atoms with van der Waals surface area (Å²) in [5.74, 6) is 1.25. The van der Waals surface area contributed by atoms with E-state index in [1.165, 1.54) is 24.2 Å². The van der Waals surface area contributed by atoms with Crippen LogP contribution < -0.4 is 5.32 Å². The third-order valence-electron chi connectivity index (χ3n) is 3.44. The highest BCUT2D eigenvalue weighted by Crippen LogP contribution is 2.36. The Morgan fingerprint density at radius 1 is 1.67 bits per heavy atom. The summed E-state index contributed by atoms with van der Waals surface area (Å²) in [6.45, 7) is 0.280. The van der Waals surface area contributed by atoms with E-state index < -0.39 is 0 Å². The molecule has 0 radical (unpaired) electrons. The van der Waals surface area contributed by atoms with Gasteiger partial charge in [0.2, 0.25) is 0 Å². The SMILES string of the molecule is CN(CCO)C(=O)Nc1cc(C2CCC2)nn1C. The van der Waals surface area contributed by atoms with Crippen molar-refractivity contribution < 1.29 is 9.90 Å². The van der Waals surface area contributed by atoms with Crippen molar-refractivity contribution in [1.29, 1.82) is 0 Å². The van der Waals surface area contributed by atoms with Crippen molar-refractivity contribution in [2.24, 2.45) is 7.05 Å². The number of aryl methyl sites for hydroxylation is 1. The molecule has 2 amide bonds. The van der Waals surface area contributed by atoms with Gasteiger partial charge in [-0.2, -0.15) is 5.10 Å². The molecule has 0 unspecified atom stereocenters. The molecule has 100 valence electrons. The van der Waals surface area contributed by atoms with Gasteiger partial charge >= 0.3 is 6.03 Å². The summed E-state index contributed by atoms with van der Waals surface area (Å²) in [6.07, 6.45) is 3.64. The Kier molecular flexibility index (Phi) is 3.86. The van der Waals surface area contributed by atoms with Crippen LogP contribution in [0.4, 0.5) is 10.6 Å². The van der Waals surface area contributed by atoms with Gasteiger partial charge < -0.3 is 10.0 Å². The molecule has 1 saturated carbocycles. The fourth-order valence-electron chi connectivity index (χ4n) is 1.97. The first-order valence-electron chi connectivity index (χ1n) is 6.28. The Morgan fingerprint density at radius 3 is 2.94 bits per heavy atom. The minimum absolute atomic E-state index is 0.0391. The van der Waals surface area contributed by atoms with Gasteiger partial charge in [-0.1, -0.05) is 6.42 Å². The highest BCUT2D eigenvalue weighted by Gasteiger charge is 2.23. The third kappa shape index (κ3) is 2.64. The maximum Gasteiger partial charge on any atom is 0.322 e. The van der Waals surface area contributed by atoms with Gasteiger partial charge in [0.05, 0.1) is 12.3 Å². The van der Waals surface area contributed by atoms with E-state index in [0.29, 0.717) is 18.3 Å². The molecular weight excluding hydrogens is 232 g/mol. The zero-order valence-electron chi connectivity index (χ0n) is 10.9. The number of anilines is 1. The highest BCUT2D eigenvalue weighted by molar-refractivity contribution is 5.88. The molecule has 0 saturated heterocycles. The van der Waals surface area contributed by atoms with Crippen molar-refractivity contribution in [3.8, 4) is 0 Å². The number of carbonyl (C=O) groups is 1. The molecule has 1 aromatic rings. The second-order valence-corrected chi connectivity index (χ2v) is 4.78. The first-order chi connectivity index (χ1) is 8.61. The third-order valence-corrected chi connectivity index (χ3v) is 3.44. The Labute approximate surface area is 107 Å². The van der Waals surface area contributed by atoms with Crippen molar-refractivity contribution in [3.63, 3.8) is 0 Å². The first kappa shape index (κ1) is 12.9. The number of hydrogen-bond donors (Lipinski definition) is 2. The van der Waals surface area contributed by atoms with Gasteiger partial charge in [0, 0.05) is 32.6 Å². The molecule has 0 spiro atoms. The lowest BCUT2D eigenvalue weighted by Crippen LogP contribution is -2.34. The maximum atomic E-state index is 11.8. The summed E-state index contributed by atoms with van der Waals surface area (Å²) in [6, 6.07) is 1.71. The number of aliphatic hydroxyl groups excluding tert-OH is 1. The van der Waals surface area contributed by atoms with Crippen LogP contribution in [0.3, 0.4) is 0 Å². The van der Waals surface area contributed by atoms with E-state index in [9.17, 15) is 4.79 Å². The van der Waals surface area contributed by atoms with Crippen molar-refractivity contribution in [2.45, 2.75) is 25.2 Å². The Hall–Kier alpha value is -1.56. The van der Waals surface area contributed by atoms with E-state index in [4.69, 9.17) is 5.11 Å². The summed E-state index contributed by atoms with van der Waals surface area (Å²) in [5, 5.41) is 16.0. The monoisotopic (exact) mass is 252 g/mol. The summed E-state index contributed by atoms with van der Waals surface area (Å²) >= 11 is 0. The Balaban J connectivity index is 2.00. The molecule has 6 heteroatoms. The Bertz CT molecular complexity index is 426. The smallest absolute Gasteiger partial charge is 0.322 e. The van der Waals surface area contributed by atoms with Gasteiger partial charge in [0.1, 0.15) is 5.82 Å². The second-order valence-electron chi connectivity index (χ2n) is 4.78. The van der Waals surface area contributed by atoms with Gasteiger partial charge in [-0.3, -0.25) is 10.00 Å². The van der Waals surface area contributed by atoms with Crippen molar-refractivity contribution in [1.82, 2.24) is 14.7 Å². The molecule has 6 nitrogen and oxygen atoms in total. The molecule has 1 fully saturated rings. The van der Waals surface area contributed by atoms with Crippen LogP contribution in [0.2, 0.25) is 0 Å². The number of aliphatic hydroxyl groups is 1. The van der Waals surface area contributed by atoms with Crippen LogP contribution in [-0.2, 0) is 7.05 Å². The predicted octanol–water partition coefficient (Wildman–Crippen LogP) is 1.14. The first-order valence-corrected chi connectivity index (χ1v) is 6.28. The molecule has 18 heavy (non-hydrogen) atoms. The molecule has 1 aliphatic carbocycles. The van der Waals surface area contributed by atoms with Crippen molar-refractivity contribution in [2.75, 3.05) is 25.5 Å². The number of rotatable bonds is 4. The molecule has 0 bridgehead atoms. The van der Waals surface area contributed by atoms with Gasteiger partial charge in [0.25, 0.3) is 0 Å².